The molecule has 0 saturated carbocycles. The van der Waals surface area contributed by atoms with Gasteiger partial charge in [-0.05, 0) is 38.3 Å². The Balaban J connectivity index is 1.99. The van der Waals surface area contributed by atoms with Crippen molar-refractivity contribution in [2.75, 3.05) is 7.11 Å². The van der Waals surface area contributed by atoms with Gasteiger partial charge in [-0.3, -0.25) is 4.84 Å². The van der Waals surface area contributed by atoms with Gasteiger partial charge in [-0.1, -0.05) is 24.3 Å². The molecule has 1 aliphatic heterocycles. The zero-order valence-corrected chi connectivity index (χ0v) is 17.5. The van der Waals surface area contributed by atoms with Crippen molar-refractivity contribution >= 4 is 34.4 Å². The monoisotopic (exact) mass is 414 g/mol. The predicted molar refractivity (Wildman–Crippen MR) is 109 cm³/mol. The number of carbonyl (C=O) groups excluding carboxylic acids is 2. The largest absolute Gasteiger partial charge is 0.451 e. The minimum atomic E-state index is -0.666. The number of fused-ring (bicyclic) bond motifs is 3. The Kier molecular flexibility index (Phi) is 4.84. The summed E-state index contributed by atoms with van der Waals surface area (Å²) in [4.78, 5) is 32.3. The fraction of sp³-hybridized carbons (Fsp3) is 0.333. The van der Waals surface area contributed by atoms with E-state index < -0.39 is 23.8 Å². The topological polar surface area (TPSA) is 70.0 Å². The van der Waals surface area contributed by atoms with Gasteiger partial charge in [-0.15, -0.1) is 11.3 Å². The Hall–Kier alpha value is -2.84. The molecule has 1 unspecified atom stereocenters. The molecule has 0 N–H and O–H groups in total. The molecule has 152 valence electrons. The summed E-state index contributed by atoms with van der Waals surface area (Å²) in [6.45, 7) is 5.61. The SMILES string of the molecule is COC(=O)N1OCc2c(n(C(=O)OC(C)(C)C)c3ccccc23)C1c1cccs1. The number of amides is 1. The highest BCUT2D eigenvalue weighted by atomic mass is 32.1. The summed E-state index contributed by atoms with van der Waals surface area (Å²) in [5.41, 5.74) is 1.55. The van der Waals surface area contributed by atoms with Gasteiger partial charge in [-0.25, -0.2) is 14.2 Å². The van der Waals surface area contributed by atoms with Crippen LogP contribution in [0.25, 0.3) is 10.9 Å². The number of aromatic nitrogens is 1. The van der Waals surface area contributed by atoms with Gasteiger partial charge in [0.25, 0.3) is 0 Å². The highest BCUT2D eigenvalue weighted by Crippen LogP contribution is 2.43. The number of para-hydroxylation sites is 1. The van der Waals surface area contributed by atoms with Crippen LogP contribution in [0.3, 0.4) is 0 Å². The van der Waals surface area contributed by atoms with Crippen molar-refractivity contribution in [3.63, 3.8) is 0 Å². The lowest BCUT2D eigenvalue weighted by atomic mass is 10.0. The molecule has 0 radical (unpaired) electrons. The summed E-state index contributed by atoms with van der Waals surface area (Å²) in [5, 5.41) is 3.99. The zero-order valence-electron chi connectivity index (χ0n) is 16.7. The lowest BCUT2D eigenvalue weighted by Gasteiger charge is -2.34. The van der Waals surface area contributed by atoms with Crippen molar-refractivity contribution in [3.05, 3.63) is 57.9 Å². The zero-order chi connectivity index (χ0) is 20.8. The van der Waals surface area contributed by atoms with E-state index in [1.807, 2.05) is 62.5 Å². The first-order chi connectivity index (χ1) is 13.8. The Morgan fingerprint density at radius 3 is 2.55 bits per heavy atom. The number of hydrogen-bond donors (Lipinski definition) is 0. The van der Waals surface area contributed by atoms with Crippen molar-refractivity contribution in [1.82, 2.24) is 9.63 Å². The number of thiophene rings is 1. The molecular weight excluding hydrogens is 392 g/mol. The van der Waals surface area contributed by atoms with Gasteiger partial charge < -0.3 is 9.47 Å². The van der Waals surface area contributed by atoms with Crippen LogP contribution in [-0.4, -0.2) is 34.5 Å². The quantitative estimate of drug-likeness (QED) is 0.555. The number of ether oxygens (including phenoxy) is 2. The third-order valence-corrected chi connectivity index (χ3v) is 5.53. The summed E-state index contributed by atoms with van der Waals surface area (Å²) in [6.07, 6.45) is -1.13. The maximum Gasteiger partial charge on any atom is 0.434 e. The van der Waals surface area contributed by atoms with Crippen molar-refractivity contribution in [1.29, 1.82) is 0 Å². The summed E-state index contributed by atoms with van der Waals surface area (Å²) in [6, 6.07) is 10.8. The lowest BCUT2D eigenvalue weighted by Crippen LogP contribution is -2.40. The number of hydrogen-bond acceptors (Lipinski definition) is 6. The molecule has 0 saturated heterocycles. The van der Waals surface area contributed by atoms with Crippen molar-refractivity contribution in [2.45, 2.75) is 39.0 Å². The minimum absolute atomic E-state index is 0.141. The third kappa shape index (κ3) is 3.38. The van der Waals surface area contributed by atoms with E-state index in [2.05, 4.69) is 0 Å². The summed E-state index contributed by atoms with van der Waals surface area (Å²) >= 11 is 1.47. The Labute approximate surface area is 172 Å². The van der Waals surface area contributed by atoms with Crippen molar-refractivity contribution < 1.29 is 23.9 Å². The Morgan fingerprint density at radius 2 is 1.90 bits per heavy atom. The van der Waals surface area contributed by atoms with E-state index in [-0.39, 0.29) is 6.61 Å². The summed E-state index contributed by atoms with van der Waals surface area (Å²) < 4.78 is 12.2. The molecule has 0 spiro atoms. The first kappa shape index (κ1) is 19.5. The predicted octanol–water partition coefficient (Wildman–Crippen LogP) is 5.09. The molecule has 7 nitrogen and oxygen atoms in total. The molecule has 3 aromatic rings. The molecule has 1 aliphatic rings. The van der Waals surface area contributed by atoms with Gasteiger partial charge in [0, 0.05) is 15.8 Å². The summed E-state index contributed by atoms with van der Waals surface area (Å²) in [5.74, 6) is 0. The van der Waals surface area contributed by atoms with E-state index in [0.717, 1.165) is 15.8 Å². The van der Waals surface area contributed by atoms with Crippen LogP contribution in [0.1, 0.15) is 42.9 Å². The number of hydroxylamine groups is 2. The van der Waals surface area contributed by atoms with E-state index >= 15 is 0 Å². The van der Waals surface area contributed by atoms with Gasteiger partial charge in [0.05, 0.1) is 18.3 Å². The standard InChI is InChI=1S/C21H22N2O5S/c1-21(2,3)28-19(24)22-15-9-6-5-8-13(15)14-12-27-23(20(25)26-4)18(17(14)22)16-10-7-11-29-16/h5-11,18H,12H2,1-4H3. The van der Waals surface area contributed by atoms with Crippen molar-refractivity contribution in [3.8, 4) is 0 Å². The van der Waals surface area contributed by atoms with Crippen LogP contribution >= 0.6 is 11.3 Å². The molecule has 3 heterocycles. The molecule has 1 atom stereocenters. The summed E-state index contributed by atoms with van der Waals surface area (Å²) in [7, 11) is 1.30. The molecule has 0 bridgehead atoms. The smallest absolute Gasteiger partial charge is 0.434 e. The first-order valence-corrected chi connectivity index (χ1v) is 10.1. The molecule has 8 heteroatoms. The molecule has 29 heavy (non-hydrogen) atoms. The van der Waals surface area contributed by atoms with E-state index in [4.69, 9.17) is 14.3 Å². The average Bonchev–Trinajstić information content (AvgIpc) is 3.31. The van der Waals surface area contributed by atoms with Crippen LogP contribution in [0.15, 0.2) is 41.8 Å². The van der Waals surface area contributed by atoms with Gasteiger partial charge >= 0.3 is 12.2 Å². The Bertz CT molecular complexity index is 1060. The fourth-order valence-electron chi connectivity index (χ4n) is 3.53. The maximum atomic E-state index is 13.2. The van der Waals surface area contributed by atoms with Crippen LogP contribution in [0.2, 0.25) is 0 Å². The number of carbonyl (C=O) groups is 2. The van der Waals surface area contributed by atoms with E-state index in [9.17, 15) is 9.59 Å². The normalized spacial score (nSPS) is 16.6. The number of nitrogens with zero attached hydrogens (tertiary/aromatic N) is 2. The number of methoxy groups -OCH3 is 1. The molecule has 1 aromatic carbocycles. The van der Waals surface area contributed by atoms with E-state index in [0.29, 0.717) is 11.2 Å². The number of benzene rings is 1. The van der Waals surface area contributed by atoms with Crippen LogP contribution in [-0.2, 0) is 20.9 Å². The molecule has 2 aromatic heterocycles. The molecule has 0 aliphatic carbocycles. The van der Waals surface area contributed by atoms with Crippen LogP contribution in [0, 0.1) is 0 Å². The van der Waals surface area contributed by atoms with Crippen LogP contribution in [0.4, 0.5) is 9.59 Å². The van der Waals surface area contributed by atoms with E-state index in [1.165, 1.54) is 23.5 Å². The van der Waals surface area contributed by atoms with Crippen LogP contribution in [0.5, 0.6) is 0 Å². The van der Waals surface area contributed by atoms with Gasteiger partial charge in [0.1, 0.15) is 18.2 Å². The second-order valence-electron chi connectivity index (χ2n) is 7.68. The molecule has 0 fully saturated rings. The number of rotatable bonds is 1. The lowest BCUT2D eigenvalue weighted by molar-refractivity contribution is -0.173. The molecular formula is C21H22N2O5S. The van der Waals surface area contributed by atoms with Gasteiger partial charge in [-0.2, -0.15) is 5.06 Å². The maximum absolute atomic E-state index is 13.2. The fourth-order valence-corrected chi connectivity index (χ4v) is 4.34. The third-order valence-electron chi connectivity index (χ3n) is 4.60. The van der Waals surface area contributed by atoms with Crippen molar-refractivity contribution in [2.24, 2.45) is 0 Å². The second-order valence-corrected chi connectivity index (χ2v) is 8.66. The molecule has 4 rings (SSSR count). The highest BCUT2D eigenvalue weighted by Gasteiger charge is 2.41. The van der Waals surface area contributed by atoms with Gasteiger partial charge in [0.15, 0.2) is 0 Å². The minimum Gasteiger partial charge on any atom is -0.451 e. The first-order valence-electron chi connectivity index (χ1n) is 9.21. The van der Waals surface area contributed by atoms with Gasteiger partial charge in [0.2, 0.25) is 0 Å². The molecule has 1 amide bonds. The van der Waals surface area contributed by atoms with E-state index in [1.54, 1.807) is 4.57 Å². The highest BCUT2D eigenvalue weighted by molar-refractivity contribution is 7.10. The average molecular weight is 414 g/mol. The second kappa shape index (κ2) is 7.20. The van der Waals surface area contributed by atoms with Crippen LogP contribution < -0.4 is 0 Å². The Morgan fingerprint density at radius 1 is 1.14 bits per heavy atom.